The number of rotatable bonds is 6. The second-order valence-corrected chi connectivity index (χ2v) is 6.63. The monoisotopic (exact) mass is 296 g/mol. The lowest BCUT2D eigenvalue weighted by atomic mass is 10.1. The molecule has 0 unspecified atom stereocenters. The van der Waals surface area contributed by atoms with Crippen molar-refractivity contribution >= 4 is 17.7 Å². The SMILES string of the molecule is C[C@H](CNC(=O)[C@@H](C)N1CCSCC1)Cn1cccn1. The minimum atomic E-state index is -0.0206. The second-order valence-electron chi connectivity index (χ2n) is 5.40. The first kappa shape index (κ1) is 15.4. The first-order valence-electron chi connectivity index (χ1n) is 7.23. The van der Waals surface area contributed by atoms with Crippen LogP contribution in [0.15, 0.2) is 18.5 Å². The van der Waals surface area contributed by atoms with Crippen LogP contribution < -0.4 is 5.32 Å². The number of aromatic nitrogens is 2. The van der Waals surface area contributed by atoms with Gasteiger partial charge in [-0.3, -0.25) is 14.4 Å². The van der Waals surface area contributed by atoms with Gasteiger partial charge in [0, 0.05) is 50.1 Å². The average Bonchev–Trinajstić information content (AvgIpc) is 2.97. The number of carbonyl (C=O) groups excluding carboxylic acids is 1. The van der Waals surface area contributed by atoms with Crippen LogP contribution in [0.3, 0.4) is 0 Å². The Kier molecular flexibility index (Phi) is 5.91. The first-order valence-corrected chi connectivity index (χ1v) is 8.39. The third kappa shape index (κ3) is 4.52. The Morgan fingerprint density at radius 1 is 1.40 bits per heavy atom. The van der Waals surface area contributed by atoms with Crippen molar-refractivity contribution in [3.63, 3.8) is 0 Å². The molecule has 0 aliphatic carbocycles. The van der Waals surface area contributed by atoms with Gasteiger partial charge in [-0.05, 0) is 18.9 Å². The zero-order valence-corrected chi connectivity index (χ0v) is 13.1. The summed E-state index contributed by atoms with van der Waals surface area (Å²) in [5, 5.41) is 7.25. The number of thioether (sulfide) groups is 1. The molecule has 6 heteroatoms. The van der Waals surface area contributed by atoms with Gasteiger partial charge in [0.1, 0.15) is 0 Å². The van der Waals surface area contributed by atoms with Crippen LogP contribution in [0.2, 0.25) is 0 Å². The van der Waals surface area contributed by atoms with Crippen molar-refractivity contribution in [2.75, 3.05) is 31.1 Å². The molecule has 0 radical (unpaired) electrons. The molecular weight excluding hydrogens is 272 g/mol. The summed E-state index contributed by atoms with van der Waals surface area (Å²) in [5.41, 5.74) is 0. The number of nitrogens with zero attached hydrogens (tertiary/aromatic N) is 3. The van der Waals surface area contributed by atoms with Gasteiger partial charge in [-0.15, -0.1) is 0 Å². The van der Waals surface area contributed by atoms with E-state index >= 15 is 0 Å². The van der Waals surface area contributed by atoms with Crippen LogP contribution in [0.5, 0.6) is 0 Å². The molecule has 112 valence electrons. The lowest BCUT2D eigenvalue weighted by Gasteiger charge is -2.31. The van der Waals surface area contributed by atoms with Crippen LogP contribution in [0.1, 0.15) is 13.8 Å². The van der Waals surface area contributed by atoms with Crippen molar-refractivity contribution in [2.45, 2.75) is 26.4 Å². The average molecular weight is 296 g/mol. The van der Waals surface area contributed by atoms with E-state index in [9.17, 15) is 4.79 Å². The van der Waals surface area contributed by atoms with Crippen LogP contribution in [-0.2, 0) is 11.3 Å². The molecule has 2 atom stereocenters. The Morgan fingerprint density at radius 2 is 2.15 bits per heavy atom. The largest absolute Gasteiger partial charge is 0.354 e. The zero-order chi connectivity index (χ0) is 14.4. The van der Waals surface area contributed by atoms with Gasteiger partial charge in [-0.1, -0.05) is 6.92 Å². The predicted molar refractivity (Wildman–Crippen MR) is 82.8 cm³/mol. The van der Waals surface area contributed by atoms with Gasteiger partial charge in [-0.2, -0.15) is 16.9 Å². The summed E-state index contributed by atoms with van der Waals surface area (Å²) in [4.78, 5) is 14.4. The molecule has 1 saturated heterocycles. The molecule has 0 spiro atoms. The molecule has 20 heavy (non-hydrogen) atoms. The van der Waals surface area contributed by atoms with E-state index < -0.39 is 0 Å². The molecule has 1 aliphatic rings. The minimum Gasteiger partial charge on any atom is -0.354 e. The third-order valence-electron chi connectivity index (χ3n) is 3.66. The molecule has 1 aromatic rings. The Labute approximate surface area is 125 Å². The van der Waals surface area contributed by atoms with Gasteiger partial charge in [-0.25, -0.2) is 0 Å². The molecule has 1 amide bonds. The van der Waals surface area contributed by atoms with Gasteiger partial charge in [0.25, 0.3) is 0 Å². The van der Waals surface area contributed by atoms with E-state index in [1.54, 1.807) is 6.20 Å². The topological polar surface area (TPSA) is 50.2 Å². The molecule has 1 fully saturated rings. The summed E-state index contributed by atoms with van der Waals surface area (Å²) in [6, 6.07) is 1.90. The Hall–Kier alpha value is -1.01. The third-order valence-corrected chi connectivity index (χ3v) is 4.60. The Morgan fingerprint density at radius 3 is 2.80 bits per heavy atom. The van der Waals surface area contributed by atoms with E-state index in [0.717, 1.165) is 31.1 Å². The minimum absolute atomic E-state index is 0.0206. The van der Waals surface area contributed by atoms with Crippen molar-refractivity contribution in [2.24, 2.45) is 5.92 Å². The highest BCUT2D eigenvalue weighted by Gasteiger charge is 2.22. The van der Waals surface area contributed by atoms with E-state index in [-0.39, 0.29) is 11.9 Å². The van der Waals surface area contributed by atoms with Crippen molar-refractivity contribution in [3.8, 4) is 0 Å². The van der Waals surface area contributed by atoms with E-state index in [4.69, 9.17) is 0 Å². The van der Waals surface area contributed by atoms with E-state index in [2.05, 4.69) is 22.2 Å². The first-order chi connectivity index (χ1) is 9.66. The lowest BCUT2D eigenvalue weighted by Crippen LogP contribution is -2.49. The zero-order valence-electron chi connectivity index (χ0n) is 12.3. The smallest absolute Gasteiger partial charge is 0.237 e. The number of nitrogens with one attached hydrogen (secondary N) is 1. The highest BCUT2D eigenvalue weighted by atomic mass is 32.2. The van der Waals surface area contributed by atoms with Crippen LogP contribution in [0, 0.1) is 5.92 Å². The normalized spacial score (nSPS) is 19.5. The Bertz CT molecular complexity index is 403. The molecule has 0 saturated carbocycles. The Balaban J connectivity index is 1.70. The molecule has 5 nitrogen and oxygen atoms in total. The van der Waals surface area contributed by atoms with Crippen LogP contribution in [0.4, 0.5) is 0 Å². The summed E-state index contributed by atoms with van der Waals surface area (Å²) in [6.07, 6.45) is 3.73. The van der Waals surface area contributed by atoms with Gasteiger partial charge >= 0.3 is 0 Å². The maximum absolute atomic E-state index is 12.2. The molecule has 2 rings (SSSR count). The molecular formula is C14H24N4OS. The fourth-order valence-corrected chi connectivity index (χ4v) is 3.28. The fraction of sp³-hybridized carbons (Fsp3) is 0.714. The summed E-state index contributed by atoms with van der Waals surface area (Å²) in [7, 11) is 0. The fourth-order valence-electron chi connectivity index (χ4n) is 2.35. The van der Waals surface area contributed by atoms with Gasteiger partial charge in [0.2, 0.25) is 5.91 Å². The molecule has 0 bridgehead atoms. The van der Waals surface area contributed by atoms with E-state index in [1.807, 2.05) is 35.6 Å². The predicted octanol–water partition coefficient (Wildman–Crippen LogP) is 1.07. The molecule has 1 aromatic heterocycles. The number of amides is 1. The molecule has 2 heterocycles. The van der Waals surface area contributed by atoms with Crippen molar-refractivity contribution in [1.29, 1.82) is 0 Å². The van der Waals surface area contributed by atoms with Crippen molar-refractivity contribution in [1.82, 2.24) is 20.0 Å². The van der Waals surface area contributed by atoms with Crippen LogP contribution >= 0.6 is 11.8 Å². The maximum atomic E-state index is 12.2. The highest BCUT2D eigenvalue weighted by Crippen LogP contribution is 2.12. The quantitative estimate of drug-likeness (QED) is 0.853. The number of hydrogen-bond donors (Lipinski definition) is 1. The highest BCUT2D eigenvalue weighted by molar-refractivity contribution is 7.99. The van der Waals surface area contributed by atoms with E-state index in [1.165, 1.54) is 0 Å². The molecule has 1 aliphatic heterocycles. The maximum Gasteiger partial charge on any atom is 0.237 e. The standard InChI is InChI=1S/C14H24N4OS/c1-12(11-18-5-3-4-16-18)10-15-14(19)13(2)17-6-8-20-9-7-17/h3-5,12-13H,6-11H2,1-2H3,(H,15,19)/t12-,13-/m1/s1. The van der Waals surface area contributed by atoms with Gasteiger partial charge < -0.3 is 5.32 Å². The molecule has 0 aromatic carbocycles. The molecule has 1 N–H and O–H groups in total. The van der Waals surface area contributed by atoms with Crippen LogP contribution in [0.25, 0.3) is 0 Å². The second kappa shape index (κ2) is 7.69. The summed E-state index contributed by atoms with van der Waals surface area (Å²) < 4.78 is 1.90. The summed E-state index contributed by atoms with van der Waals surface area (Å²) in [6.45, 7) is 7.70. The van der Waals surface area contributed by atoms with E-state index in [0.29, 0.717) is 12.5 Å². The lowest BCUT2D eigenvalue weighted by molar-refractivity contribution is -0.125. The van der Waals surface area contributed by atoms with Crippen LogP contribution in [-0.4, -0.2) is 57.8 Å². The summed E-state index contributed by atoms with van der Waals surface area (Å²) in [5.74, 6) is 2.79. The van der Waals surface area contributed by atoms with Crippen molar-refractivity contribution < 1.29 is 4.79 Å². The van der Waals surface area contributed by atoms with Gasteiger partial charge in [0.15, 0.2) is 0 Å². The number of hydrogen-bond acceptors (Lipinski definition) is 4. The van der Waals surface area contributed by atoms with Crippen molar-refractivity contribution in [3.05, 3.63) is 18.5 Å². The summed E-state index contributed by atoms with van der Waals surface area (Å²) >= 11 is 1.97. The number of carbonyl (C=O) groups is 1. The van der Waals surface area contributed by atoms with Gasteiger partial charge in [0.05, 0.1) is 6.04 Å².